The Labute approximate surface area is 107 Å². The Balaban J connectivity index is 2.60. The first kappa shape index (κ1) is 14.9. The number of nitrogens with one attached hydrogen (secondary N) is 1. The third-order valence-corrected chi connectivity index (χ3v) is 3.06. The van der Waals surface area contributed by atoms with Gasteiger partial charge >= 0.3 is 0 Å². The van der Waals surface area contributed by atoms with Gasteiger partial charge in [-0.1, -0.05) is 27.2 Å². The Hall–Kier alpha value is -1.16. The van der Waals surface area contributed by atoms with Gasteiger partial charge < -0.3 is 10.1 Å². The van der Waals surface area contributed by atoms with Crippen molar-refractivity contribution >= 4 is 0 Å². The average molecular weight is 257 g/mol. The molecule has 0 aromatic heterocycles. The van der Waals surface area contributed by atoms with Gasteiger partial charge in [0, 0.05) is 24.2 Å². The minimum Gasteiger partial charge on any atom is -0.492 e. The van der Waals surface area contributed by atoms with E-state index in [9.17, 15) is 8.78 Å². The smallest absolute Gasteiger partial charge is 0.129 e. The van der Waals surface area contributed by atoms with E-state index in [1.54, 1.807) is 0 Å². The van der Waals surface area contributed by atoms with Crippen molar-refractivity contribution in [3.05, 3.63) is 29.8 Å². The molecule has 2 unspecified atom stereocenters. The highest BCUT2D eigenvalue weighted by molar-refractivity contribution is 5.23. The summed E-state index contributed by atoms with van der Waals surface area (Å²) in [6.07, 6.45) is 1.03. The Bertz CT molecular complexity index is 351. The molecule has 0 spiro atoms. The van der Waals surface area contributed by atoms with Gasteiger partial charge in [0.2, 0.25) is 0 Å². The van der Waals surface area contributed by atoms with Crippen molar-refractivity contribution in [2.24, 2.45) is 5.92 Å². The fourth-order valence-corrected chi connectivity index (χ4v) is 1.77. The number of rotatable bonds is 7. The zero-order valence-corrected chi connectivity index (χ0v) is 11.2. The van der Waals surface area contributed by atoms with Gasteiger partial charge in [-0.3, -0.25) is 0 Å². The van der Waals surface area contributed by atoms with E-state index in [1.807, 2.05) is 6.92 Å². The summed E-state index contributed by atoms with van der Waals surface area (Å²) < 4.78 is 31.4. The molecule has 4 heteroatoms. The van der Waals surface area contributed by atoms with Crippen molar-refractivity contribution in [1.29, 1.82) is 0 Å². The molecule has 0 aliphatic rings. The number of ether oxygens (including phenoxy) is 1. The number of likely N-dealkylation sites (N-methyl/N-ethyl adjacent to an activating group) is 1. The van der Waals surface area contributed by atoms with Gasteiger partial charge in [0.1, 0.15) is 24.0 Å². The Morgan fingerprint density at radius 3 is 2.28 bits per heavy atom. The average Bonchev–Trinajstić information content (AvgIpc) is 2.32. The molecule has 0 saturated carbocycles. The van der Waals surface area contributed by atoms with Crippen LogP contribution in [-0.2, 0) is 0 Å². The molecule has 2 nitrogen and oxygen atoms in total. The first-order chi connectivity index (χ1) is 8.56. The van der Waals surface area contributed by atoms with Crippen molar-refractivity contribution in [1.82, 2.24) is 5.32 Å². The minimum atomic E-state index is -0.617. The summed E-state index contributed by atoms with van der Waals surface area (Å²) in [4.78, 5) is 0. The molecule has 18 heavy (non-hydrogen) atoms. The summed E-state index contributed by atoms with van der Waals surface area (Å²) in [7, 11) is 0. The number of hydrogen-bond acceptors (Lipinski definition) is 2. The monoisotopic (exact) mass is 257 g/mol. The van der Waals surface area contributed by atoms with E-state index in [0.29, 0.717) is 12.5 Å². The van der Waals surface area contributed by atoms with Gasteiger partial charge in [-0.15, -0.1) is 0 Å². The standard InChI is InChI=1S/C14H21F2NO/c1-4-10(3)14(17-5-2)9-18-13-7-11(15)6-12(16)8-13/h6-8,10,14,17H,4-5,9H2,1-3H3. The van der Waals surface area contributed by atoms with Crippen LogP contribution in [0.15, 0.2) is 18.2 Å². The van der Waals surface area contributed by atoms with E-state index in [0.717, 1.165) is 19.0 Å². The largest absolute Gasteiger partial charge is 0.492 e. The van der Waals surface area contributed by atoms with Gasteiger partial charge in [-0.25, -0.2) is 8.78 Å². The predicted octanol–water partition coefficient (Wildman–Crippen LogP) is 3.37. The van der Waals surface area contributed by atoms with Crippen LogP contribution in [0.3, 0.4) is 0 Å². The van der Waals surface area contributed by atoms with Crippen molar-refractivity contribution in [3.63, 3.8) is 0 Å². The molecular formula is C14H21F2NO. The zero-order valence-electron chi connectivity index (χ0n) is 11.2. The summed E-state index contributed by atoms with van der Waals surface area (Å²) in [5.41, 5.74) is 0. The highest BCUT2D eigenvalue weighted by atomic mass is 19.1. The van der Waals surface area contributed by atoms with Crippen molar-refractivity contribution in [2.45, 2.75) is 33.2 Å². The second-order valence-electron chi connectivity index (χ2n) is 4.47. The summed E-state index contributed by atoms with van der Waals surface area (Å²) in [5.74, 6) is -0.552. The second-order valence-corrected chi connectivity index (χ2v) is 4.47. The molecule has 2 atom stereocenters. The normalized spacial score (nSPS) is 14.3. The lowest BCUT2D eigenvalue weighted by molar-refractivity contribution is 0.221. The Morgan fingerprint density at radius 1 is 1.17 bits per heavy atom. The first-order valence-corrected chi connectivity index (χ1v) is 6.39. The molecule has 1 N–H and O–H groups in total. The van der Waals surface area contributed by atoms with Gasteiger partial charge in [-0.05, 0) is 12.5 Å². The fraction of sp³-hybridized carbons (Fsp3) is 0.571. The topological polar surface area (TPSA) is 21.3 Å². The summed E-state index contributed by atoms with van der Waals surface area (Å²) in [5, 5.41) is 3.32. The maximum absolute atomic E-state index is 13.0. The molecule has 0 bridgehead atoms. The van der Waals surface area contributed by atoms with E-state index < -0.39 is 11.6 Å². The Morgan fingerprint density at radius 2 is 1.78 bits per heavy atom. The van der Waals surface area contributed by atoms with Crippen LogP contribution in [0, 0.1) is 17.6 Å². The highest BCUT2D eigenvalue weighted by Crippen LogP contribution is 2.17. The summed E-state index contributed by atoms with van der Waals surface area (Å²) in [6.45, 7) is 7.51. The molecule has 1 aromatic carbocycles. The molecular weight excluding hydrogens is 236 g/mol. The van der Waals surface area contributed by atoms with Crippen molar-refractivity contribution in [2.75, 3.05) is 13.2 Å². The van der Waals surface area contributed by atoms with Gasteiger partial charge in [-0.2, -0.15) is 0 Å². The quantitative estimate of drug-likeness (QED) is 0.808. The summed E-state index contributed by atoms with van der Waals surface area (Å²) in [6, 6.07) is 3.42. The van der Waals surface area contributed by atoms with E-state index in [1.165, 1.54) is 12.1 Å². The molecule has 0 saturated heterocycles. The molecule has 0 heterocycles. The predicted molar refractivity (Wildman–Crippen MR) is 68.8 cm³/mol. The molecule has 0 aliphatic heterocycles. The van der Waals surface area contributed by atoms with E-state index >= 15 is 0 Å². The van der Waals surface area contributed by atoms with Crippen LogP contribution < -0.4 is 10.1 Å². The molecule has 0 aliphatic carbocycles. The van der Waals surface area contributed by atoms with Crippen LogP contribution in [0.2, 0.25) is 0 Å². The second kappa shape index (κ2) is 7.31. The van der Waals surface area contributed by atoms with Crippen molar-refractivity contribution in [3.8, 4) is 5.75 Å². The number of halogens is 2. The first-order valence-electron chi connectivity index (χ1n) is 6.39. The van der Waals surface area contributed by atoms with Crippen LogP contribution in [-0.4, -0.2) is 19.2 Å². The molecule has 1 rings (SSSR count). The molecule has 102 valence electrons. The zero-order chi connectivity index (χ0) is 13.5. The highest BCUT2D eigenvalue weighted by Gasteiger charge is 2.15. The third-order valence-electron chi connectivity index (χ3n) is 3.06. The Kier molecular flexibility index (Phi) is 6.05. The molecule has 0 radical (unpaired) electrons. The summed E-state index contributed by atoms with van der Waals surface area (Å²) >= 11 is 0. The van der Waals surface area contributed by atoms with Gasteiger partial charge in [0.05, 0.1) is 0 Å². The van der Waals surface area contributed by atoms with Crippen LogP contribution in [0.4, 0.5) is 8.78 Å². The lowest BCUT2D eigenvalue weighted by Gasteiger charge is -2.24. The van der Waals surface area contributed by atoms with Gasteiger partial charge in [0.15, 0.2) is 0 Å². The van der Waals surface area contributed by atoms with E-state index in [4.69, 9.17) is 4.74 Å². The SMILES string of the molecule is CCNC(COc1cc(F)cc(F)c1)C(C)CC. The van der Waals surface area contributed by atoms with E-state index in [-0.39, 0.29) is 11.8 Å². The minimum absolute atomic E-state index is 0.186. The van der Waals surface area contributed by atoms with Gasteiger partial charge in [0.25, 0.3) is 0 Å². The fourth-order valence-electron chi connectivity index (χ4n) is 1.77. The van der Waals surface area contributed by atoms with Crippen LogP contribution in [0.5, 0.6) is 5.75 Å². The maximum Gasteiger partial charge on any atom is 0.129 e. The van der Waals surface area contributed by atoms with Crippen LogP contribution in [0.25, 0.3) is 0 Å². The van der Waals surface area contributed by atoms with Crippen molar-refractivity contribution < 1.29 is 13.5 Å². The third kappa shape index (κ3) is 4.61. The van der Waals surface area contributed by atoms with Crippen LogP contribution in [0.1, 0.15) is 27.2 Å². The van der Waals surface area contributed by atoms with E-state index in [2.05, 4.69) is 19.2 Å². The maximum atomic E-state index is 13.0. The van der Waals surface area contributed by atoms with Crippen LogP contribution >= 0.6 is 0 Å². The lowest BCUT2D eigenvalue weighted by Crippen LogP contribution is -2.39. The lowest BCUT2D eigenvalue weighted by atomic mass is 10.00. The molecule has 0 fully saturated rings. The molecule has 1 aromatic rings. The molecule has 0 amide bonds. The number of hydrogen-bond donors (Lipinski definition) is 1. The number of benzene rings is 1.